The largest absolute Gasteiger partial charge is 0.392 e. The van der Waals surface area contributed by atoms with Crippen LogP contribution in [0, 0.1) is 0 Å². The van der Waals surface area contributed by atoms with Crippen molar-refractivity contribution >= 4 is 15.1 Å². The number of anilines is 1. The van der Waals surface area contributed by atoms with Gasteiger partial charge in [-0.1, -0.05) is 9.39 Å². The van der Waals surface area contributed by atoms with Crippen molar-refractivity contribution in [1.82, 2.24) is 9.65 Å². The molecule has 1 aromatic rings. The summed E-state index contributed by atoms with van der Waals surface area (Å²) in [6, 6.07) is 3.31. The minimum atomic E-state index is 0.0680. The third-order valence-corrected chi connectivity index (χ3v) is 4.21. The first-order chi connectivity index (χ1) is 7.78. The maximum atomic E-state index is 9.11. The molecule has 3 atom stereocenters. The molecule has 1 aromatic heterocycles. The Morgan fingerprint density at radius 3 is 2.88 bits per heavy atom. The zero-order valence-corrected chi connectivity index (χ0v) is 10.2. The molecular formula is C11H16N3OP. The Balaban J connectivity index is 1.83. The fourth-order valence-corrected chi connectivity index (χ4v) is 3.19. The molecule has 2 aliphatic rings. The van der Waals surface area contributed by atoms with E-state index in [0.29, 0.717) is 12.1 Å². The Hall–Kier alpha value is -0.700. The first-order valence-electron chi connectivity index (χ1n) is 5.60. The van der Waals surface area contributed by atoms with E-state index in [1.165, 1.54) is 6.42 Å². The van der Waals surface area contributed by atoms with Crippen molar-refractivity contribution in [2.75, 3.05) is 18.0 Å². The van der Waals surface area contributed by atoms with Gasteiger partial charge in [0.25, 0.3) is 0 Å². The summed E-state index contributed by atoms with van der Waals surface area (Å²) in [5, 5.41) is 9.11. The number of piperazine rings is 1. The van der Waals surface area contributed by atoms with E-state index < -0.39 is 0 Å². The van der Waals surface area contributed by atoms with Crippen LogP contribution in [0.2, 0.25) is 0 Å². The van der Waals surface area contributed by atoms with Crippen LogP contribution in [0.5, 0.6) is 0 Å². The van der Waals surface area contributed by atoms with Crippen LogP contribution in [0.4, 0.5) is 5.69 Å². The summed E-state index contributed by atoms with van der Waals surface area (Å²) in [6.45, 7) is 2.25. The van der Waals surface area contributed by atoms with Gasteiger partial charge in [-0.2, -0.15) is 0 Å². The van der Waals surface area contributed by atoms with Gasteiger partial charge in [0.15, 0.2) is 0 Å². The quantitative estimate of drug-likeness (QED) is 0.766. The molecule has 2 aliphatic heterocycles. The van der Waals surface area contributed by atoms with Gasteiger partial charge < -0.3 is 10.0 Å². The first-order valence-corrected chi connectivity index (χ1v) is 6.12. The zero-order chi connectivity index (χ0) is 11.1. The minimum Gasteiger partial charge on any atom is -0.392 e. The molecule has 0 aromatic carbocycles. The Labute approximate surface area is 97.5 Å². The van der Waals surface area contributed by atoms with Gasteiger partial charge in [-0.3, -0.25) is 9.65 Å². The Kier molecular flexibility index (Phi) is 2.58. The molecule has 0 aliphatic carbocycles. The number of aliphatic hydroxyl groups excluding tert-OH is 1. The van der Waals surface area contributed by atoms with Crippen LogP contribution in [0.25, 0.3) is 0 Å². The summed E-state index contributed by atoms with van der Waals surface area (Å²) in [6.07, 6.45) is 4.86. The number of aromatic nitrogens is 1. The second kappa shape index (κ2) is 3.95. The summed E-state index contributed by atoms with van der Waals surface area (Å²) in [4.78, 5) is 6.60. The van der Waals surface area contributed by atoms with Crippen molar-refractivity contribution < 1.29 is 5.11 Å². The molecule has 2 fully saturated rings. The van der Waals surface area contributed by atoms with E-state index in [4.69, 9.17) is 5.11 Å². The number of pyridine rings is 1. The smallest absolute Gasteiger partial charge is 0.0697 e. The normalized spacial score (nSPS) is 29.0. The molecule has 16 heavy (non-hydrogen) atoms. The van der Waals surface area contributed by atoms with Gasteiger partial charge in [-0.05, 0) is 18.1 Å². The van der Waals surface area contributed by atoms with Gasteiger partial charge >= 0.3 is 0 Å². The molecule has 5 heteroatoms. The van der Waals surface area contributed by atoms with Crippen molar-refractivity contribution in [1.29, 1.82) is 0 Å². The minimum absolute atomic E-state index is 0.0680. The van der Waals surface area contributed by atoms with E-state index in [0.717, 1.165) is 24.3 Å². The Morgan fingerprint density at radius 2 is 2.25 bits per heavy atom. The molecule has 0 spiro atoms. The number of fused-ring (bicyclic) bond motifs is 2. The average molecular weight is 237 g/mol. The van der Waals surface area contributed by atoms with Crippen LogP contribution in [0.15, 0.2) is 18.5 Å². The predicted octanol–water partition coefficient (Wildman–Crippen LogP) is 0.627. The molecule has 4 nitrogen and oxygen atoms in total. The van der Waals surface area contributed by atoms with E-state index in [2.05, 4.69) is 23.9 Å². The summed E-state index contributed by atoms with van der Waals surface area (Å²) in [5.74, 6) is 0. The maximum Gasteiger partial charge on any atom is 0.0697 e. The molecule has 2 saturated heterocycles. The second-order valence-electron chi connectivity index (χ2n) is 4.60. The number of hydrogen-bond acceptors (Lipinski definition) is 4. The van der Waals surface area contributed by atoms with E-state index in [1.54, 1.807) is 6.20 Å². The van der Waals surface area contributed by atoms with Crippen LogP contribution in [-0.4, -0.2) is 39.9 Å². The molecule has 0 saturated carbocycles. The third-order valence-electron chi connectivity index (χ3n) is 3.58. The van der Waals surface area contributed by atoms with Gasteiger partial charge in [-0.25, -0.2) is 0 Å². The summed E-state index contributed by atoms with van der Waals surface area (Å²) in [5.41, 5.74) is 2.04. The van der Waals surface area contributed by atoms with Crippen molar-refractivity contribution in [3.05, 3.63) is 24.0 Å². The molecule has 3 heterocycles. The Morgan fingerprint density at radius 1 is 1.38 bits per heavy atom. The molecule has 3 rings (SSSR count). The van der Waals surface area contributed by atoms with E-state index in [-0.39, 0.29) is 6.61 Å². The number of aliphatic hydroxyl groups is 1. The highest BCUT2D eigenvalue weighted by molar-refractivity contribution is 7.13. The lowest BCUT2D eigenvalue weighted by molar-refractivity contribution is 0.281. The van der Waals surface area contributed by atoms with Gasteiger partial charge in [-0.15, -0.1) is 0 Å². The fourth-order valence-electron chi connectivity index (χ4n) is 2.73. The molecule has 0 amide bonds. The van der Waals surface area contributed by atoms with E-state index in [9.17, 15) is 0 Å². The highest BCUT2D eigenvalue weighted by Gasteiger charge is 2.41. The molecule has 0 radical (unpaired) electrons. The van der Waals surface area contributed by atoms with Gasteiger partial charge in [0.1, 0.15) is 0 Å². The first kappa shape index (κ1) is 10.5. The van der Waals surface area contributed by atoms with Crippen molar-refractivity contribution in [3.8, 4) is 0 Å². The van der Waals surface area contributed by atoms with Crippen LogP contribution >= 0.6 is 9.39 Å². The van der Waals surface area contributed by atoms with Crippen LogP contribution in [0.1, 0.15) is 12.0 Å². The maximum absolute atomic E-state index is 9.11. The summed E-state index contributed by atoms with van der Waals surface area (Å²) in [7, 11) is 2.81. The van der Waals surface area contributed by atoms with Crippen LogP contribution in [-0.2, 0) is 6.61 Å². The molecule has 86 valence electrons. The van der Waals surface area contributed by atoms with Crippen molar-refractivity contribution in [2.24, 2.45) is 0 Å². The highest BCUT2D eigenvalue weighted by Crippen LogP contribution is 2.35. The van der Waals surface area contributed by atoms with Gasteiger partial charge in [0, 0.05) is 31.4 Å². The topological polar surface area (TPSA) is 39.6 Å². The van der Waals surface area contributed by atoms with Crippen LogP contribution in [0.3, 0.4) is 0 Å². The van der Waals surface area contributed by atoms with Crippen molar-refractivity contribution in [2.45, 2.75) is 25.1 Å². The highest BCUT2D eigenvalue weighted by atomic mass is 31.0. The SMILES string of the molecule is OCc1cncc(N2CC3CC2CN3P)c1. The lowest BCUT2D eigenvalue weighted by atomic mass is 10.2. The third kappa shape index (κ3) is 1.61. The number of hydrogen-bond donors (Lipinski definition) is 1. The molecule has 1 N–H and O–H groups in total. The molecule has 3 unspecified atom stereocenters. The lowest BCUT2D eigenvalue weighted by Crippen LogP contribution is -2.42. The van der Waals surface area contributed by atoms with Gasteiger partial charge in [0.05, 0.1) is 18.5 Å². The fraction of sp³-hybridized carbons (Fsp3) is 0.545. The monoisotopic (exact) mass is 237 g/mol. The average Bonchev–Trinajstić information content (AvgIpc) is 2.88. The van der Waals surface area contributed by atoms with Gasteiger partial charge in [0.2, 0.25) is 0 Å². The molecule has 2 bridgehead atoms. The van der Waals surface area contributed by atoms with Crippen molar-refractivity contribution in [3.63, 3.8) is 0 Å². The standard InChI is InChI=1S/C11H16N3OP/c15-7-8-1-9(4-12-3-8)13-5-11-2-10(13)6-14(11)16/h1,3-4,10-11,15H,2,5-7,16H2. The second-order valence-corrected chi connectivity index (χ2v) is 5.27. The van der Waals surface area contributed by atoms with E-state index >= 15 is 0 Å². The number of rotatable bonds is 2. The summed E-state index contributed by atoms with van der Waals surface area (Å²) < 4.78 is 2.35. The lowest BCUT2D eigenvalue weighted by Gasteiger charge is -2.33. The zero-order valence-electron chi connectivity index (χ0n) is 9.08. The van der Waals surface area contributed by atoms with Crippen LogP contribution < -0.4 is 4.90 Å². The number of nitrogens with zero attached hydrogens (tertiary/aromatic N) is 3. The Bertz CT molecular complexity index is 399. The van der Waals surface area contributed by atoms with E-state index in [1.807, 2.05) is 12.3 Å². The summed E-state index contributed by atoms with van der Waals surface area (Å²) >= 11 is 0. The predicted molar refractivity (Wildman–Crippen MR) is 66.1 cm³/mol. The molecular weight excluding hydrogens is 221 g/mol.